The third-order valence-electron chi connectivity index (χ3n) is 4.65. The second-order valence-corrected chi connectivity index (χ2v) is 6.45. The summed E-state index contributed by atoms with van der Waals surface area (Å²) in [6, 6.07) is 11.8. The first-order valence-electron chi connectivity index (χ1n) is 9.17. The van der Waals surface area contributed by atoms with Crippen LogP contribution >= 0.6 is 0 Å². The van der Waals surface area contributed by atoms with Crippen LogP contribution in [-0.2, 0) is 11.2 Å². The summed E-state index contributed by atoms with van der Waals surface area (Å²) in [5.41, 5.74) is 3.19. The number of benzene rings is 2. The van der Waals surface area contributed by atoms with E-state index in [-0.39, 0.29) is 11.9 Å². The highest BCUT2D eigenvalue weighted by molar-refractivity contribution is 5.76. The molecular weight excluding hydrogens is 342 g/mol. The fourth-order valence-corrected chi connectivity index (χ4v) is 3.10. The number of hydrogen-bond donors (Lipinski definition) is 1. The molecule has 2 aromatic carbocycles. The summed E-state index contributed by atoms with van der Waals surface area (Å²) in [4.78, 5) is 12.5. The van der Waals surface area contributed by atoms with Crippen molar-refractivity contribution in [2.75, 3.05) is 21.3 Å². The molecule has 2 rings (SSSR count). The second kappa shape index (κ2) is 9.86. The number of rotatable bonds is 9. The van der Waals surface area contributed by atoms with Crippen LogP contribution in [-0.4, -0.2) is 27.2 Å². The van der Waals surface area contributed by atoms with E-state index in [0.717, 1.165) is 28.9 Å². The molecule has 5 heteroatoms. The Morgan fingerprint density at radius 1 is 0.963 bits per heavy atom. The lowest BCUT2D eigenvalue weighted by molar-refractivity contribution is -0.121. The van der Waals surface area contributed by atoms with Gasteiger partial charge in [0, 0.05) is 6.42 Å². The number of nitrogens with one attached hydrogen (secondary N) is 1. The Morgan fingerprint density at radius 3 is 2.22 bits per heavy atom. The van der Waals surface area contributed by atoms with E-state index in [0.29, 0.717) is 24.3 Å². The molecule has 0 aromatic heterocycles. The van der Waals surface area contributed by atoms with Gasteiger partial charge in [-0.2, -0.15) is 0 Å². The van der Waals surface area contributed by atoms with Crippen LogP contribution in [0.15, 0.2) is 36.4 Å². The van der Waals surface area contributed by atoms with E-state index >= 15 is 0 Å². The zero-order valence-electron chi connectivity index (χ0n) is 16.8. The summed E-state index contributed by atoms with van der Waals surface area (Å²) in [5, 5.41) is 3.13. The molecular formula is C22H29NO4. The predicted molar refractivity (Wildman–Crippen MR) is 107 cm³/mol. The van der Waals surface area contributed by atoms with Gasteiger partial charge in [-0.05, 0) is 54.7 Å². The van der Waals surface area contributed by atoms with E-state index in [1.807, 2.05) is 37.3 Å². The molecule has 0 saturated heterocycles. The van der Waals surface area contributed by atoms with Crippen LogP contribution in [0, 0.1) is 6.92 Å². The maximum atomic E-state index is 12.5. The average Bonchev–Trinajstić information content (AvgIpc) is 2.70. The number of carbonyl (C=O) groups excluding carboxylic acids is 1. The highest BCUT2D eigenvalue weighted by Gasteiger charge is 2.14. The summed E-state index contributed by atoms with van der Waals surface area (Å²) in [5.74, 6) is 2.25. The van der Waals surface area contributed by atoms with Gasteiger partial charge in [-0.1, -0.05) is 25.1 Å². The molecule has 0 bridgehead atoms. The minimum Gasteiger partial charge on any atom is -0.496 e. The van der Waals surface area contributed by atoms with Crippen molar-refractivity contribution in [2.45, 2.75) is 39.2 Å². The molecule has 1 amide bonds. The number of amides is 1. The van der Waals surface area contributed by atoms with Crippen LogP contribution in [0.2, 0.25) is 0 Å². The molecule has 0 fully saturated rings. The van der Waals surface area contributed by atoms with E-state index in [1.54, 1.807) is 21.3 Å². The van der Waals surface area contributed by atoms with Gasteiger partial charge in [-0.3, -0.25) is 4.79 Å². The third-order valence-corrected chi connectivity index (χ3v) is 4.65. The van der Waals surface area contributed by atoms with Crippen molar-refractivity contribution < 1.29 is 19.0 Å². The van der Waals surface area contributed by atoms with Gasteiger partial charge in [0.15, 0.2) is 11.5 Å². The molecule has 0 saturated carbocycles. The van der Waals surface area contributed by atoms with Gasteiger partial charge in [0.05, 0.1) is 27.4 Å². The highest BCUT2D eigenvalue weighted by atomic mass is 16.5. The summed E-state index contributed by atoms with van der Waals surface area (Å²) in [7, 11) is 4.88. The van der Waals surface area contributed by atoms with Crippen LogP contribution in [0.4, 0.5) is 0 Å². The molecule has 0 heterocycles. The zero-order valence-corrected chi connectivity index (χ0v) is 16.8. The SMILES string of the molecule is CC[C@H](NC(=O)CCc1ccc(OC)c(OC)c1)c1ccc(OC)c(C)c1. The fraction of sp³-hybridized carbons (Fsp3) is 0.409. The molecule has 27 heavy (non-hydrogen) atoms. The maximum Gasteiger partial charge on any atom is 0.220 e. The van der Waals surface area contributed by atoms with Gasteiger partial charge in [0.1, 0.15) is 5.75 Å². The second-order valence-electron chi connectivity index (χ2n) is 6.45. The van der Waals surface area contributed by atoms with E-state index in [1.165, 1.54) is 0 Å². The van der Waals surface area contributed by atoms with Crippen molar-refractivity contribution in [1.82, 2.24) is 5.32 Å². The summed E-state index contributed by atoms with van der Waals surface area (Å²) >= 11 is 0. The van der Waals surface area contributed by atoms with Crippen LogP contribution in [0.3, 0.4) is 0 Å². The summed E-state index contributed by atoms with van der Waals surface area (Å²) in [6.07, 6.45) is 1.89. The average molecular weight is 371 g/mol. The predicted octanol–water partition coefficient (Wildman–Crippen LogP) is 4.22. The van der Waals surface area contributed by atoms with Crippen LogP contribution in [0.1, 0.15) is 42.5 Å². The third kappa shape index (κ3) is 5.39. The van der Waals surface area contributed by atoms with Crippen LogP contribution < -0.4 is 19.5 Å². The summed E-state index contributed by atoms with van der Waals surface area (Å²) in [6.45, 7) is 4.08. The fourth-order valence-electron chi connectivity index (χ4n) is 3.10. The van der Waals surface area contributed by atoms with Crippen molar-refractivity contribution in [3.8, 4) is 17.2 Å². The Labute approximate surface area is 161 Å². The number of hydrogen-bond acceptors (Lipinski definition) is 4. The van der Waals surface area contributed by atoms with Crippen molar-refractivity contribution in [1.29, 1.82) is 0 Å². The highest BCUT2D eigenvalue weighted by Crippen LogP contribution is 2.28. The first-order valence-corrected chi connectivity index (χ1v) is 9.17. The molecule has 0 aliphatic heterocycles. The Hall–Kier alpha value is -2.69. The van der Waals surface area contributed by atoms with Gasteiger partial charge >= 0.3 is 0 Å². The van der Waals surface area contributed by atoms with Crippen molar-refractivity contribution >= 4 is 5.91 Å². The monoisotopic (exact) mass is 371 g/mol. The van der Waals surface area contributed by atoms with E-state index in [2.05, 4.69) is 18.3 Å². The Morgan fingerprint density at radius 2 is 1.63 bits per heavy atom. The summed E-state index contributed by atoms with van der Waals surface area (Å²) < 4.78 is 15.9. The van der Waals surface area contributed by atoms with Crippen LogP contribution in [0.25, 0.3) is 0 Å². The van der Waals surface area contributed by atoms with Crippen molar-refractivity contribution in [3.05, 3.63) is 53.1 Å². The standard InChI is InChI=1S/C22H29NO4/c1-6-18(17-9-11-19(25-3)15(2)13-17)23-22(24)12-8-16-7-10-20(26-4)21(14-16)27-5/h7,9-11,13-14,18H,6,8,12H2,1-5H3,(H,23,24)/t18-/m0/s1. The van der Waals surface area contributed by atoms with Gasteiger partial charge in [-0.15, -0.1) is 0 Å². The molecule has 0 unspecified atom stereocenters. The number of methoxy groups -OCH3 is 3. The lowest BCUT2D eigenvalue weighted by atomic mass is 10.0. The number of ether oxygens (including phenoxy) is 3. The molecule has 1 N–H and O–H groups in total. The molecule has 5 nitrogen and oxygen atoms in total. The van der Waals surface area contributed by atoms with Crippen molar-refractivity contribution in [2.24, 2.45) is 0 Å². The Bertz CT molecular complexity index is 773. The molecule has 146 valence electrons. The van der Waals surface area contributed by atoms with Gasteiger partial charge in [0.2, 0.25) is 5.91 Å². The molecule has 0 aliphatic rings. The number of aryl methyl sites for hydroxylation is 2. The van der Waals surface area contributed by atoms with E-state index in [4.69, 9.17) is 14.2 Å². The maximum absolute atomic E-state index is 12.5. The molecule has 1 atom stereocenters. The molecule has 2 aromatic rings. The first kappa shape index (κ1) is 20.6. The minimum atomic E-state index is -0.00694. The number of carbonyl (C=O) groups is 1. The normalized spacial score (nSPS) is 11.6. The largest absolute Gasteiger partial charge is 0.496 e. The van der Waals surface area contributed by atoms with Gasteiger partial charge in [0.25, 0.3) is 0 Å². The quantitative estimate of drug-likeness (QED) is 0.717. The first-order chi connectivity index (χ1) is 13.0. The van der Waals surface area contributed by atoms with Crippen LogP contribution in [0.5, 0.6) is 17.2 Å². The Kier molecular flexibility index (Phi) is 7.53. The van der Waals surface area contributed by atoms with Crippen molar-refractivity contribution in [3.63, 3.8) is 0 Å². The minimum absolute atomic E-state index is 0.00694. The zero-order chi connectivity index (χ0) is 19.8. The molecule has 0 radical (unpaired) electrons. The molecule has 0 spiro atoms. The lowest BCUT2D eigenvalue weighted by Gasteiger charge is -2.19. The van der Waals surface area contributed by atoms with Gasteiger partial charge < -0.3 is 19.5 Å². The van der Waals surface area contributed by atoms with E-state index in [9.17, 15) is 4.79 Å². The molecule has 0 aliphatic carbocycles. The lowest BCUT2D eigenvalue weighted by Crippen LogP contribution is -2.28. The van der Waals surface area contributed by atoms with E-state index < -0.39 is 0 Å². The topological polar surface area (TPSA) is 56.8 Å². The smallest absolute Gasteiger partial charge is 0.220 e. The Balaban J connectivity index is 1.98. The van der Waals surface area contributed by atoms with Gasteiger partial charge in [-0.25, -0.2) is 0 Å².